The lowest BCUT2D eigenvalue weighted by atomic mass is 10.3. The molecule has 0 bridgehead atoms. The van der Waals surface area contributed by atoms with Gasteiger partial charge in [-0.15, -0.1) is 0 Å². The van der Waals surface area contributed by atoms with Crippen LogP contribution in [0, 0.1) is 0 Å². The molecule has 2 heterocycles. The van der Waals surface area contributed by atoms with Gasteiger partial charge >= 0.3 is 0 Å². The minimum Gasteiger partial charge on any atom is -0.336 e. The highest BCUT2D eigenvalue weighted by atomic mass is 32.2. The molecule has 22 heavy (non-hydrogen) atoms. The molecule has 1 aliphatic heterocycles. The Morgan fingerprint density at radius 3 is 2.55 bits per heavy atom. The second-order valence-electron chi connectivity index (χ2n) is 5.14. The molecule has 1 aromatic heterocycles. The van der Waals surface area contributed by atoms with Gasteiger partial charge in [-0.1, -0.05) is 0 Å². The Bertz CT molecular complexity index is 679. The third-order valence-electron chi connectivity index (χ3n) is 3.43. The Balaban J connectivity index is 2.09. The predicted molar refractivity (Wildman–Crippen MR) is 79.6 cm³/mol. The number of rotatable bonds is 3. The van der Waals surface area contributed by atoms with Crippen molar-refractivity contribution in [1.29, 1.82) is 0 Å². The van der Waals surface area contributed by atoms with Gasteiger partial charge in [-0.2, -0.15) is 22.1 Å². The van der Waals surface area contributed by atoms with Crippen LogP contribution in [-0.4, -0.2) is 78.3 Å². The SMILES string of the molecule is CN(C)S(=O)(=O)N1CCCN(C(=O)c2ccc(=O)[nH]n2)CC1. The van der Waals surface area contributed by atoms with E-state index in [0.717, 1.165) is 4.31 Å². The van der Waals surface area contributed by atoms with Crippen LogP contribution in [0.2, 0.25) is 0 Å². The topological polar surface area (TPSA) is 107 Å². The van der Waals surface area contributed by atoms with Crippen LogP contribution in [-0.2, 0) is 10.2 Å². The number of hydrogen-bond acceptors (Lipinski definition) is 5. The van der Waals surface area contributed by atoms with Crippen molar-refractivity contribution >= 4 is 16.1 Å². The molecule has 0 aromatic carbocycles. The number of aromatic nitrogens is 2. The van der Waals surface area contributed by atoms with Crippen molar-refractivity contribution in [2.45, 2.75) is 6.42 Å². The summed E-state index contributed by atoms with van der Waals surface area (Å²) in [4.78, 5) is 24.8. The first-order valence-electron chi connectivity index (χ1n) is 6.85. The van der Waals surface area contributed by atoms with Crippen molar-refractivity contribution in [3.8, 4) is 0 Å². The van der Waals surface area contributed by atoms with Gasteiger partial charge in [-0.05, 0) is 12.5 Å². The number of carbonyl (C=O) groups excluding carboxylic acids is 1. The third-order valence-corrected chi connectivity index (χ3v) is 5.37. The van der Waals surface area contributed by atoms with Gasteiger partial charge in [0.25, 0.3) is 21.7 Å². The average Bonchev–Trinajstić information content (AvgIpc) is 2.73. The Morgan fingerprint density at radius 1 is 1.23 bits per heavy atom. The molecular weight excluding hydrogens is 310 g/mol. The Morgan fingerprint density at radius 2 is 1.95 bits per heavy atom. The highest BCUT2D eigenvalue weighted by Crippen LogP contribution is 2.11. The molecule has 122 valence electrons. The molecule has 1 aromatic rings. The van der Waals surface area contributed by atoms with Gasteiger partial charge in [0.15, 0.2) is 0 Å². The molecule has 0 unspecified atom stereocenters. The van der Waals surface area contributed by atoms with Crippen LogP contribution in [0.5, 0.6) is 0 Å². The molecule has 1 N–H and O–H groups in total. The lowest BCUT2D eigenvalue weighted by Gasteiger charge is -2.24. The van der Waals surface area contributed by atoms with Gasteiger partial charge in [-0.25, -0.2) is 5.10 Å². The summed E-state index contributed by atoms with van der Waals surface area (Å²) in [7, 11) is -0.518. The summed E-state index contributed by atoms with van der Waals surface area (Å²) in [6.45, 7) is 1.32. The first-order valence-corrected chi connectivity index (χ1v) is 8.24. The quantitative estimate of drug-likeness (QED) is 0.744. The minimum absolute atomic E-state index is 0.142. The zero-order chi connectivity index (χ0) is 16.3. The first-order chi connectivity index (χ1) is 10.3. The van der Waals surface area contributed by atoms with Crippen LogP contribution in [0.1, 0.15) is 16.9 Å². The second-order valence-corrected chi connectivity index (χ2v) is 7.28. The van der Waals surface area contributed by atoms with E-state index in [0.29, 0.717) is 19.5 Å². The molecule has 0 aliphatic carbocycles. The van der Waals surface area contributed by atoms with E-state index in [9.17, 15) is 18.0 Å². The predicted octanol–water partition coefficient (Wildman–Crippen LogP) is -1.28. The Hall–Kier alpha value is -1.78. The van der Waals surface area contributed by atoms with Crippen LogP contribution >= 0.6 is 0 Å². The molecule has 0 radical (unpaired) electrons. The minimum atomic E-state index is -3.48. The van der Waals surface area contributed by atoms with Crippen LogP contribution in [0.25, 0.3) is 0 Å². The molecule has 1 amide bonds. The van der Waals surface area contributed by atoms with E-state index in [4.69, 9.17) is 0 Å². The van der Waals surface area contributed by atoms with Gasteiger partial charge < -0.3 is 4.90 Å². The van der Waals surface area contributed by atoms with Crippen LogP contribution < -0.4 is 5.56 Å². The highest BCUT2D eigenvalue weighted by molar-refractivity contribution is 7.86. The summed E-state index contributed by atoms with van der Waals surface area (Å²) < 4.78 is 26.8. The zero-order valence-electron chi connectivity index (χ0n) is 12.5. The van der Waals surface area contributed by atoms with Crippen LogP contribution in [0.3, 0.4) is 0 Å². The number of hydrogen-bond donors (Lipinski definition) is 1. The summed E-state index contributed by atoms with van der Waals surface area (Å²) in [6.07, 6.45) is 0.544. The fourth-order valence-electron chi connectivity index (χ4n) is 2.18. The average molecular weight is 329 g/mol. The monoisotopic (exact) mass is 329 g/mol. The van der Waals surface area contributed by atoms with E-state index in [2.05, 4.69) is 10.2 Å². The summed E-state index contributed by atoms with van der Waals surface area (Å²) in [5.74, 6) is -0.319. The van der Waals surface area contributed by atoms with Crippen molar-refractivity contribution in [2.24, 2.45) is 0 Å². The maximum Gasteiger partial charge on any atom is 0.281 e. The number of amides is 1. The van der Waals surface area contributed by atoms with E-state index < -0.39 is 10.2 Å². The summed E-state index contributed by atoms with van der Waals surface area (Å²) >= 11 is 0. The van der Waals surface area contributed by atoms with Crippen molar-refractivity contribution in [3.05, 3.63) is 28.2 Å². The van der Waals surface area contributed by atoms with E-state index in [-0.39, 0.29) is 30.2 Å². The number of carbonyl (C=O) groups is 1. The Kier molecular flexibility index (Phi) is 4.94. The molecule has 1 saturated heterocycles. The number of nitrogens with one attached hydrogen (secondary N) is 1. The molecule has 0 atom stereocenters. The molecule has 0 spiro atoms. The first kappa shape index (κ1) is 16.6. The normalized spacial score (nSPS) is 17.5. The molecule has 10 heteroatoms. The standard InChI is InChI=1S/C12H19N5O4S/c1-15(2)22(20,21)17-7-3-6-16(8-9-17)12(19)10-4-5-11(18)14-13-10/h4-5H,3,6-9H2,1-2H3,(H,14,18). The number of nitrogens with zero attached hydrogens (tertiary/aromatic N) is 4. The van der Waals surface area contributed by atoms with Gasteiger partial charge in [0, 0.05) is 46.3 Å². The largest absolute Gasteiger partial charge is 0.336 e. The van der Waals surface area contributed by atoms with Crippen LogP contribution in [0.15, 0.2) is 16.9 Å². The van der Waals surface area contributed by atoms with E-state index in [1.54, 1.807) is 4.90 Å². The van der Waals surface area contributed by atoms with E-state index >= 15 is 0 Å². The van der Waals surface area contributed by atoms with E-state index in [1.807, 2.05) is 0 Å². The lowest BCUT2D eigenvalue weighted by molar-refractivity contribution is 0.0757. The maximum atomic E-state index is 12.3. The van der Waals surface area contributed by atoms with Gasteiger partial charge in [-0.3, -0.25) is 9.59 Å². The maximum absolute atomic E-state index is 12.3. The Labute approximate surface area is 128 Å². The smallest absolute Gasteiger partial charge is 0.281 e. The third kappa shape index (κ3) is 3.51. The summed E-state index contributed by atoms with van der Waals surface area (Å²) in [5, 5.41) is 5.93. The van der Waals surface area contributed by atoms with Crippen molar-refractivity contribution in [3.63, 3.8) is 0 Å². The van der Waals surface area contributed by atoms with Crippen LogP contribution in [0.4, 0.5) is 0 Å². The number of aromatic amines is 1. The van der Waals surface area contributed by atoms with Crippen molar-refractivity contribution < 1.29 is 13.2 Å². The van der Waals surface area contributed by atoms with Gasteiger partial charge in [0.05, 0.1) is 0 Å². The molecule has 2 rings (SSSR count). The van der Waals surface area contributed by atoms with E-state index in [1.165, 1.54) is 30.5 Å². The van der Waals surface area contributed by atoms with Gasteiger partial charge in [0.2, 0.25) is 0 Å². The fourth-order valence-corrected chi connectivity index (χ4v) is 3.32. The van der Waals surface area contributed by atoms with Gasteiger partial charge in [0.1, 0.15) is 5.69 Å². The molecular formula is C12H19N5O4S. The van der Waals surface area contributed by atoms with Crippen molar-refractivity contribution in [1.82, 2.24) is 23.7 Å². The molecule has 1 aliphatic rings. The lowest BCUT2D eigenvalue weighted by Crippen LogP contribution is -2.42. The fraction of sp³-hybridized carbons (Fsp3) is 0.583. The second kappa shape index (κ2) is 6.55. The summed E-state index contributed by atoms with van der Waals surface area (Å²) in [5.41, 5.74) is -0.237. The summed E-state index contributed by atoms with van der Waals surface area (Å²) in [6, 6.07) is 2.60. The zero-order valence-corrected chi connectivity index (χ0v) is 13.3. The molecule has 0 saturated carbocycles. The van der Waals surface area contributed by atoms with Crippen molar-refractivity contribution in [2.75, 3.05) is 40.3 Å². The number of H-pyrrole nitrogens is 1. The molecule has 1 fully saturated rings. The molecule has 9 nitrogen and oxygen atoms in total. The highest BCUT2D eigenvalue weighted by Gasteiger charge is 2.28.